The summed E-state index contributed by atoms with van der Waals surface area (Å²) in [7, 11) is 0. The molecule has 0 atom stereocenters. The average Bonchev–Trinajstić information content (AvgIpc) is 2.72. The summed E-state index contributed by atoms with van der Waals surface area (Å²) in [5.74, 6) is 0.678. The van der Waals surface area contributed by atoms with Gasteiger partial charge in [0.2, 0.25) is 0 Å². The van der Waals surface area contributed by atoms with Gasteiger partial charge in [0, 0.05) is 6.04 Å². The number of carbonyl (C=O) groups is 1. The van der Waals surface area contributed by atoms with E-state index in [0.717, 1.165) is 12.8 Å². The molecular formula is C9H11NO2. The zero-order valence-electron chi connectivity index (χ0n) is 6.96. The third-order valence-corrected chi connectivity index (χ3v) is 2.02. The lowest BCUT2D eigenvalue weighted by Gasteiger charge is -1.99. The van der Waals surface area contributed by atoms with Crippen LogP contribution in [0.1, 0.15) is 29.0 Å². The number of hydrogen-bond donors (Lipinski definition) is 1. The second-order valence-electron chi connectivity index (χ2n) is 3.14. The average molecular weight is 165 g/mol. The number of nitrogens with one attached hydrogen (secondary N) is 1. The van der Waals surface area contributed by atoms with Gasteiger partial charge in [0.15, 0.2) is 0 Å². The number of hydrogen-bond acceptors (Lipinski definition) is 2. The molecule has 64 valence electrons. The molecule has 1 aliphatic carbocycles. The fourth-order valence-electron chi connectivity index (χ4n) is 1.11. The molecule has 1 aromatic rings. The van der Waals surface area contributed by atoms with Crippen LogP contribution in [0.4, 0.5) is 0 Å². The van der Waals surface area contributed by atoms with Gasteiger partial charge >= 0.3 is 0 Å². The molecule has 1 fully saturated rings. The molecule has 3 nitrogen and oxygen atoms in total. The maximum Gasteiger partial charge on any atom is 0.255 e. The minimum Gasteiger partial charge on any atom is -0.469 e. The Morgan fingerprint density at radius 3 is 2.92 bits per heavy atom. The Hall–Kier alpha value is -1.25. The summed E-state index contributed by atoms with van der Waals surface area (Å²) in [4.78, 5) is 11.4. The summed E-state index contributed by atoms with van der Waals surface area (Å²) in [5.41, 5.74) is 0.655. The molecule has 1 aromatic heterocycles. The number of amides is 1. The predicted octanol–water partition coefficient (Wildman–Crippen LogP) is 1.48. The van der Waals surface area contributed by atoms with Crippen LogP contribution in [0.25, 0.3) is 0 Å². The number of carbonyl (C=O) groups excluding carboxylic acids is 1. The Morgan fingerprint density at radius 2 is 2.42 bits per heavy atom. The summed E-state index contributed by atoms with van der Waals surface area (Å²) in [6.45, 7) is 1.79. The van der Waals surface area contributed by atoms with Gasteiger partial charge in [-0.1, -0.05) is 0 Å². The Bertz CT molecular complexity index is 299. The second-order valence-corrected chi connectivity index (χ2v) is 3.14. The molecule has 12 heavy (non-hydrogen) atoms. The summed E-state index contributed by atoms with van der Waals surface area (Å²) in [5, 5.41) is 2.90. The van der Waals surface area contributed by atoms with Crippen molar-refractivity contribution in [2.24, 2.45) is 0 Å². The van der Waals surface area contributed by atoms with Gasteiger partial charge in [-0.15, -0.1) is 0 Å². The monoisotopic (exact) mass is 165 g/mol. The van der Waals surface area contributed by atoms with Gasteiger partial charge in [-0.25, -0.2) is 0 Å². The lowest BCUT2D eigenvalue weighted by molar-refractivity contribution is 0.0949. The van der Waals surface area contributed by atoms with Gasteiger partial charge in [0.25, 0.3) is 5.91 Å². The quantitative estimate of drug-likeness (QED) is 0.721. The van der Waals surface area contributed by atoms with Crippen molar-refractivity contribution in [1.82, 2.24) is 5.32 Å². The van der Waals surface area contributed by atoms with E-state index in [1.165, 1.54) is 6.26 Å². The largest absolute Gasteiger partial charge is 0.469 e. The van der Waals surface area contributed by atoms with Crippen molar-refractivity contribution in [3.63, 3.8) is 0 Å². The fraction of sp³-hybridized carbons (Fsp3) is 0.444. The number of aryl methyl sites for hydroxylation is 1. The molecule has 0 unspecified atom stereocenters. The van der Waals surface area contributed by atoms with E-state index in [1.54, 1.807) is 13.0 Å². The van der Waals surface area contributed by atoms with Crippen molar-refractivity contribution in [3.8, 4) is 0 Å². The molecule has 1 amide bonds. The first kappa shape index (κ1) is 7.40. The van der Waals surface area contributed by atoms with Crippen LogP contribution in [0.3, 0.4) is 0 Å². The molecule has 1 saturated carbocycles. The molecule has 2 rings (SSSR count). The molecule has 0 aliphatic heterocycles. The molecule has 0 saturated heterocycles. The highest BCUT2D eigenvalue weighted by molar-refractivity contribution is 5.95. The van der Waals surface area contributed by atoms with Gasteiger partial charge < -0.3 is 9.73 Å². The van der Waals surface area contributed by atoms with Gasteiger partial charge in [-0.2, -0.15) is 0 Å². The highest BCUT2D eigenvalue weighted by atomic mass is 16.3. The summed E-state index contributed by atoms with van der Waals surface area (Å²) in [6, 6.07) is 2.11. The van der Waals surface area contributed by atoms with Crippen molar-refractivity contribution < 1.29 is 9.21 Å². The molecule has 3 heteroatoms. The predicted molar refractivity (Wildman–Crippen MR) is 43.9 cm³/mol. The van der Waals surface area contributed by atoms with Crippen LogP contribution in [-0.4, -0.2) is 11.9 Å². The summed E-state index contributed by atoms with van der Waals surface area (Å²) >= 11 is 0. The first-order valence-electron chi connectivity index (χ1n) is 4.12. The lowest BCUT2D eigenvalue weighted by Crippen LogP contribution is -2.25. The van der Waals surface area contributed by atoms with E-state index in [9.17, 15) is 4.79 Å². The van der Waals surface area contributed by atoms with Crippen molar-refractivity contribution in [1.29, 1.82) is 0 Å². The van der Waals surface area contributed by atoms with Crippen LogP contribution in [0.5, 0.6) is 0 Å². The SMILES string of the molecule is Cc1occc1C(=O)NC1CC1. The van der Waals surface area contributed by atoms with Crippen molar-refractivity contribution >= 4 is 5.91 Å². The summed E-state index contributed by atoms with van der Waals surface area (Å²) < 4.78 is 5.03. The Morgan fingerprint density at radius 1 is 1.67 bits per heavy atom. The normalized spacial score (nSPS) is 16.1. The van der Waals surface area contributed by atoms with Crippen LogP contribution < -0.4 is 5.32 Å². The Labute approximate surface area is 70.8 Å². The van der Waals surface area contributed by atoms with Crippen molar-refractivity contribution in [3.05, 3.63) is 23.7 Å². The van der Waals surface area contributed by atoms with Gasteiger partial charge in [0.1, 0.15) is 5.76 Å². The molecular weight excluding hydrogens is 154 g/mol. The van der Waals surface area contributed by atoms with Gasteiger partial charge in [0.05, 0.1) is 11.8 Å². The minimum absolute atomic E-state index is 0.0104. The van der Waals surface area contributed by atoms with Gasteiger partial charge in [-0.05, 0) is 25.8 Å². The highest BCUT2D eigenvalue weighted by Gasteiger charge is 2.24. The Balaban J connectivity index is 2.07. The summed E-state index contributed by atoms with van der Waals surface area (Å²) in [6.07, 6.45) is 3.77. The molecule has 0 radical (unpaired) electrons. The van der Waals surface area contributed by atoms with Gasteiger partial charge in [-0.3, -0.25) is 4.79 Å². The van der Waals surface area contributed by atoms with E-state index in [4.69, 9.17) is 4.42 Å². The zero-order valence-corrected chi connectivity index (χ0v) is 6.96. The first-order chi connectivity index (χ1) is 5.77. The zero-order chi connectivity index (χ0) is 8.55. The van der Waals surface area contributed by atoms with E-state index >= 15 is 0 Å². The molecule has 0 bridgehead atoms. The molecule has 1 heterocycles. The van der Waals surface area contributed by atoms with Crippen molar-refractivity contribution in [2.75, 3.05) is 0 Å². The van der Waals surface area contributed by atoms with Crippen LogP contribution in [0.2, 0.25) is 0 Å². The maximum absolute atomic E-state index is 11.4. The first-order valence-corrected chi connectivity index (χ1v) is 4.12. The van der Waals surface area contributed by atoms with Crippen LogP contribution >= 0.6 is 0 Å². The molecule has 1 aliphatic rings. The molecule has 0 spiro atoms. The fourth-order valence-corrected chi connectivity index (χ4v) is 1.11. The van der Waals surface area contributed by atoms with E-state index in [0.29, 0.717) is 17.4 Å². The topological polar surface area (TPSA) is 42.2 Å². The van der Waals surface area contributed by atoms with E-state index in [1.807, 2.05) is 0 Å². The number of furan rings is 1. The van der Waals surface area contributed by atoms with E-state index < -0.39 is 0 Å². The minimum atomic E-state index is -0.0104. The van der Waals surface area contributed by atoms with Crippen LogP contribution in [0, 0.1) is 6.92 Å². The smallest absolute Gasteiger partial charge is 0.255 e. The van der Waals surface area contributed by atoms with Crippen LogP contribution in [0.15, 0.2) is 16.7 Å². The van der Waals surface area contributed by atoms with E-state index in [2.05, 4.69) is 5.32 Å². The standard InChI is InChI=1S/C9H11NO2/c1-6-8(4-5-12-6)9(11)10-7-2-3-7/h4-5,7H,2-3H2,1H3,(H,10,11). The molecule has 0 aromatic carbocycles. The van der Waals surface area contributed by atoms with E-state index in [-0.39, 0.29) is 5.91 Å². The third kappa shape index (κ3) is 1.35. The lowest BCUT2D eigenvalue weighted by atomic mass is 10.2. The highest BCUT2D eigenvalue weighted by Crippen LogP contribution is 2.20. The number of rotatable bonds is 2. The maximum atomic E-state index is 11.4. The van der Waals surface area contributed by atoms with Crippen LogP contribution in [-0.2, 0) is 0 Å². The third-order valence-electron chi connectivity index (χ3n) is 2.02. The van der Waals surface area contributed by atoms with Crippen molar-refractivity contribution in [2.45, 2.75) is 25.8 Å². The Kier molecular flexibility index (Phi) is 1.64. The second kappa shape index (κ2) is 2.66. The molecule has 1 N–H and O–H groups in total.